The maximum atomic E-state index is 12.2. The Labute approximate surface area is 131 Å². The number of anilines is 1. The van der Waals surface area contributed by atoms with Crippen LogP contribution in [-0.2, 0) is 21.3 Å². The summed E-state index contributed by atoms with van der Waals surface area (Å²) in [5.74, 6) is -0.136. The molecule has 0 aliphatic carbocycles. The number of nitrogen functional groups attached to an aromatic ring is 1. The van der Waals surface area contributed by atoms with Gasteiger partial charge < -0.3 is 5.73 Å². The number of benzene rings is 2. The fourth-order valence-electron chi connectivity index (χ4n) is 1.82. The van der Waals surface area contributed by atoms with Gasteiger partial charge in [0.15, 0.2) is 9.84 Å². The minimum absolute atomic E-state index is 0.0565. The second-order valence-electron chi connectivity index (χ2n) is 4.47. The Bertz CT molecular complexity index is 732. The van der Waals surface area contributed by atoms with Crippen molar-refractivity contribution in [2.75, 3.05) is 5.73 Å². The van der Waals surface area contributed by atoms with Crippen molar-refractivity contribution in [2.45, 2.75) is 11.5 Å². The van der Waals surface area contributed by atoms with Gasteiger partial charge in [-0.3, -0.25) is 0 Å². The van der Waals surface area contributed by atoms with Crippen molar-refractivity contribution in [3.8, 4) is 0 Å². The highest BCUT2D eigenvalue weighted by Crippen LogP contribution is 2.24. The van der Waals surface area contributed by atoms with Crippen molar-refractivity contribution in [3.63, 3.8) is 0 Å². The molecule has 0 saturated heterocycles. The summed E-state index contributed by atoms with van der Waals surface area (Å²) in [5, 5.41) is 0.465. The molecule has 0 amide bonds. The minimum Gasteiger partial charge on any atom is -0.399 e. The molecule has 6 heteroatoms. The largest absolute Gasteiger partial charge is 0.399 e. The third-order valence-electron chi connectivity index (χ3n) is 2.79. The van der Waals surface area contributed by atoms with Crippen LogP contribution in [-0.4, -0.2) is 8.42 Å². The van der Waals surface area contributed by atoms with Crippen molar-refractivity contribution in [1.29, 1.82) is 0 Å². The van der Waals surface area contributed by atoms with Crippen LogP contribution in [0, 0.1) is 0 Å². The Balaban J connectivity index is 2.22. The summed E-state index contributed by atoms with van der Waals surface area (Å²) in [7, 11) is -3.30. The average molecular weight is 375 g/mol. The van der Waals surface area contributed by atoms with E-state index in [1.807, 2.05) is 0 Å². The van der Waals surface area contributed by atoms with Crippen molar-refractivity contribution < 1.29 is 8.42 Å². The Morgan fingerprint density at radius 2 is 1.70 bits per heavy atom. The maximum absolute atomic E-state index is 12.2. The van der Waals surface area contributed by atoms with Gasteiger partial charge in [-0.1, -0.05) is 51.8 Å². The molecule has 2 rings (SSSR count). The molecule has 106 valence electrons. The molecule has 2 N–H and O–H groups in total. The van der Waals surface area contributed by atoms with E-state index in [2.05, 4.69) is 15.9 Å². The van der Waals surface area contributed by atoms with Gasteiger partial charge >= 0.3 is 0 Å². The van der Waals surface area contributed by atoms with Gasteiger partial charge in [0.2, 0.25) is 0 Å². The lowest BCUT2D eigenvalue weighted by atomic mass is 10.2. The van der Waals surface area contributed by atoms with Crippen LogP contribution in [0.1, 0.15) is 11.1 Å². The lowest BCUT2D eigenvalue weighted by molar-refractivity contribution is 0.594. The topological polar surface area (TPSA) is 60.2 Å². The van der Waals surface area contributed by atoms with Crippen LogP contribution in [0.4, 0.5) is 5.69 Å². The van der Waals surface area contributed by atoms with Gasteiger partial charge in [0.05, 0.1) is 11.5 Å². The van der Waals surface area contributed by atoms with Crippen molar-refractivity contribution in [2.24, 2.45) is 0 Å². The van der Waals surface area contributed by atoms with E-state index in [1.165, 1.54) is 0 Å². The summed E-state index contributed by atoms with van der Waals surface area (Å²) in [6.07, 6.45) is 0. The monoisotopic (exact) mass is 373 g/mol. The summed E-state index contributed by atoms with van der Waals surface area (Å²) < 4.78 is 25.2. The zero-order valence-electron chi connectivity index (χ0n) is 10.5. The molecule has 0 aromatic heterocycles. The molecule has 0 fully saturated rings. The molecular formula is C14H13BrClNO2S. The van der Waals surface area contributed by atoms with Gasteiger partial charge in [0.25, 0.3) is 0 Å². The van der Waals surface area contributed by atoms with Crippen LogP contribution in [0.2, 0.25) is 5.02 Å². The predicted molar refractivity (Wildman–Crippen MR) is 86.3 cm³/mol. The van der Waals surface area contributed by atoms with Crippen molar-refractivity contribution >= 4 is 43.1 Å². The molecule has 0 unspecified atom stereocenters. The van der Waals surface area contributed by atoms with E-state index >= 15 is 0 Å². The number of nitrogens with two attached hydrogens (primary N) is 1. The van der Waals surface area contributed by atoms with E-state index in [-0.39, 0.29) is 11.5 Å². The molecule has 3 nitrogen and oxygen atoms in total. The van der Waals surface area contributed by atoms with Crippen LogP contribution in [0.5, 0.6) is 0 Å². The van der Waals surface area contributed by atoms with Gasteiger partial charge in [-0.15, -0.1) is 0 Å². The van der Waals surface area contributed by atoms with Crippen LogP contribution >= 0.6 is 27.5 Å². The molecule has 0 aliphatic rings. The van der Waals surface area contributed by atoms with Crippen LogP contribution in [0.3, 0.4) is 0 Å². The SMILES string of the molecule is Nc1ccc(CS(=O)(=O)Cc2ccccc2Cl)c(Br)c1. The zero-order chi connectivity index (χ0) is 14.8. The number of hydrogen-bond acceptors (Lipinski definition) is 3. The molecule has 0 atom stereocenters. The highest BCUT2D eigenvalue weighted by Gasteiger charge is 2.16. The smallest absolute Gasteiger partial charge is 0.158 e. The molecule has 0 aliphatic heterocycles. The number of sulfone groups is 1. The van der Waals surface area contributed by atoms with Gasteiger partial charge in [0.1, 0.15) is 0 Å². The Hall–Kier alpha value is -1.04. The number of halogens is 2. The fraction of sp³-hybridized carbons (Fsp3) is 0.143. The average Bonchev–Trinajstić information content (AvgIpc) is 2.35. The molecule has 20 heavy (non-hydrogen) atoms. The Morgan fingerprint density at radius 3 is 2.35 bits per heavy atom. The first kappa shape index (κ1) is 15.4. The zero-order valence-corrected chi connectivity index (χ0v) is 13.7. The standard InChI is InChI=1S/C14H13BrClNO2S/c15-13-7-12(17)6-5-10(13)8-20(18,19)9-11-3-1-2-4-14(11)16/h1-7H,8-9,17H2. The second kappa shape index (κ2) is 6.16. The summed E-state index contributed by atoms with van der Waals surface area (Å²) >= 11 is 9.32. The van der Waals surface area contributed by atoms with Crippen LogP contribution in [0.15, 0.2) is 46.9 Å². The van der Waals surface area contributed by atoms with Crippen LogP contribution < -0.4 is 5.73 Å². The normalized spacial score (nSPS) is 11.5. The minimum atomic E-state index is -3.30. The van der Waals surface area contributed by atoms with E-state index in [4.69, 9.17) is 17.3 Å². The molecule has 2 aromatic rings. The Kier molecular flexibility index (Phi) is 4.73. The molecule has 0 bridgehead atoms. The molecular weight excluding hydrogens is 362 g/mol. The first-order chi connectivity index (χ1) is 9.37. The summed E-state index contributed by atoms with van der Waals surface area (Å²) in [4.78, 5) is 0. The first-order valence-corrected chi connectivity index (χ1v) is 8.84. The molecule has 0 saturated carbocycles. The third kappa shape index (κ3) is 3.98. The second-order valence-corrected chi connectivity index (χ2v) is 7.80. The van der Waals surface area contributed by atoms with E-state index in [0.29, 0.717) is 26.3 Å². The molecule has 0 radical (unpaired) electrons. The highest BCUT2D eigenvalue weighted by molar-refractivity contribution is 9.10. The highest BCUT2D eigenvalue weighted by atomic mass is 79.9. The van der Waals surface area contributed by atoms with Crippen molar-refractivity contribution in [3.05, 3.63) is 63.1 Å². The predicted octanol–water partition coefficient (Wildman–Crippen LogP) is 3.80. The van der Waals surface area contributed by atoms with E-state index in [0.717, 1.165) is 0 Å². The summed E-state index contributed by atoms with van der Waals surface area (Å²) in [5.41, 5.74) is 7.52. The van der Waals surface area contributed by atoms with Crippen LogP contribution in [0.25, 0.3) is 0 Å². The summed E-state index contributed by atoms with van der Waals surface area (Å²) in [6, 6.07) is 12.0. The van der Waals surface area contributed by atoms with E-state index in [1.54, 1.807) is 42.5 Å². The van der Waals surface area contributed by atoms with Gasteiger partial charge in [-0.05, 0) is 29.3 Å². The fourth-order valence-corrected chi connectivity index (χ4v) is 4.38. The van der Waals surface area contributed by atoms with Gasteiger partial charge in [-0.2, -0.15) is 0 Å². The number of rotatable bonds is 4. The number of hydrogen-bond donors (Lipinski definition) is 1. The quantitative estimate of drug-likeness (QED) is 0.828. The summed E-state index contributed by atoms with van der Waals surface area (Å²) in [6.45, 7) is 0. The van der Waals surface area contributed by atoms with Gasteiger partial charge in [0, 0.05) is 15.2 Å². The molecule has 0 spiro atoms. The first-order valence-electron chi connectivity index (χ1n) is 5.85. The lowest BCUT2D eigenvalue weighted by Gasteiger charge is -2.08. The maximum Gasteiger partial charge on any atom is 0.158 e. The van der Waals surface area contributed by atoms with E-state index in [9.17, 15) is 8.42 Å². The lowest BCUT2D eigenvalue weighted by Crippen LogP contribution is -2.08. The molecule has 2 aromatic carbocycles. The molecule has 0 heterocycles. The van der Waals surface area contributed by atoms with Crippen molar-refractivity contribution in [1.82, 2.24) is 0 Å². The van der Waals surface area contributed by atoms with Gasteiger partial charge in [-0.25, -0.2) is 8.42 Å². The third-order valence-corrected chi connectivity index (χ3v) is 5.39. The van der Waals surface area contributed by atoms with E-state index < -0.39 is 9.84 Å². The Morgan fingerprint density at radius 1 is 1.05 bits per heavy atom.